The molecule has 0 amide bonds. The number of hydrogen-bond acceptors (Lipinski definition) is 4. The van der Waals surface area contributed by atoms with Gasteiger partial charge in [-0.15, -0.1) is 0 Å². The molecule has 2 aromatic carbocycles. The van der Waals surface area contributed by atoms with E-state index in [0.717, 1.165) is 22.0 Å². The zero-order valence-corrected chi connectivity index (χ0v) is 13.4. The summed E-state index contributed by atoms with van der Waals surface area (Å²) < 4.78 is 7.04. The van der Waals surface area contributed by atoms with Gasteiger partial charge in [-0.05, 0) is 24.1 Å². The van der Waals surface area contributed by atoms with Gasteiger partial charge >= 0.3 is 0 Å². The number of nitro benzene ring substituents is 1. The van der Waals surface area contributed by atoms with Crippen molar-refractivity contribution in [2.45, 2.75) is 13.5 Å². The number of benzene rings is 2. The maximum Gasteiger partial charge on any atom is 0.269 e. The van der Waals surface area contributed by atoms with E-state index >= 15 is 0 Å². The molecule has 3 aromatic rings. The van der Waals surface area contributed by atoms with Gasteiger partial charge in [0.15, 0.2) is 0 Å². The number of nitrogens with zero attached hydrogens (tertiary/aromatic N) is 2. The monoisotopic (exact) mass is 324 g/mol. The summed E-state index contributed by atoms with van der Waals surface area (Å²) in [6.45, 7) is 2.20. The molecule has 0 saturated heterocycles. The van der Waals surface area contributed by atoms with Gasteiger partial charge in [0.05, 0.1) is 24.1 Å². The molecular weight excluding hydrogens is 308 g/mol. The van der Waals surface area contributed by atoms with E-state index in [9.17, 15) is 14.9 Å². The number of non-ortho nitro benzene ring substituents is 1. The maximum atomic E-state index is 12.5. The second-order valence-corrected chi connectivity index (χ2v) is 5.53. The number of fused-ring (bicyclic) bond motifs is 1. The van der Waals surface area contributed by atoms with Gasteiger partial charge in [0.1, 0.15) is 5.75 Å². The molecule has 0 N–H and O–H groups in total. The van der Waals surface area contributed by atoms with Crippen LogP contribution in [0.1, 0.15) is 11.1 Å². The molecular formula is C18H16N2O4. The molecule has 122 valence electrons. The lowest BCUT2D eigenvalue weighted by Gasteiger charge is -2.15. The van der Waals surface area contributed by atoms with Crippen molar-refractivity contribution in [3.8, 4) is 5.75 Å². The van der Waals surface area contributed by atoms with E-state index in [1.54, 1.807) is 29.9 Å². The van der Waals surface area contributed by atoms with Gasteiger partial charge in [0.25, 0.3) is 11.2 Å². The van der Waals surface area contributed by atoms with Crippen molar-refractivity contribution < 1.29 is 9.66 Å². The Kier molecular flexibility index (Phi) is 4.04. The number of hydrogen-bond donors (Lipinski definition) is 0. The smallest absolute Gasteiger partial charge is 0.269 e. The Labute approximate surface area is 138 Å². The predicted octanol–water partition coefficient (Wildman–Crippen LogP) is 3.28. The highest BCUT2D eigenvalue weighted by Gasteiger charge is 2.12. The van der Waals surface area contributed by atoms with Crippen LogP contribution in [0, 0.1) is 17.0 Å². The Morgan fingerprint density at radius 1 is 1.17 bits per heavy atom. The minimum absolute atomic E-state index is 0.0254. The molecule has 0 saturated carbocycles. The second kappa shape index (κ2) is 6.16. The van der Waals surface area contributed by atoms with Crippen LogP contribution in [0.5, 0.6) is 5.75 Å². The summed E-state index contributed by atoms with van der Waals surface area (Å²) in [6.07, 6.45) is 0. The fourth-order valence-electron chi connectivity index (χ4n) is 2.80. The fraction of sp³-hybridized carbons (Fsp3) is 0.167. The fourth-order valence-corrected chi connectivity index (χ4v) is 2.80. The normalized spacial score (nSPS) is 10.8. The number of ether oxygens (including phenoxy) is 1. The van der Waals surface area contributed by atoms with Crippen LogP contribution in [0.2, 0.25) is 0 Å². The summed E-state index contributed by atoms with van der Waals surface area (Å²) in [6, 6.07) is 13.4. The molecule has 3 rings (SSSR count). The van der Waals surface area contributed by atoms with Gasteiger partial charge in [-0.3, -0.25) is 14.9 Å². The van der Waals surface area contributed by atoms with Crippen LogP contribution in [0.25, 0.3) is 10.9 Å². The lowest BCUT2D eigenvalue weighted by atomic mass is 10.1. The lowest BCUT2D eigenvalue weighted by Crippen LogP contribution is -2.21. The molecule has 0 bridgehead atoms. The summed E-state index contributed by atoms with van der Waals surface area (Å²) in [5.74, 6) is 0.621. The Bertz CT molecular complexity index is 975. The summed E-state index contributed by atoms with van der Waals surface area (Å²) in [5.41, 5.74) is 2.30. The van der Waals surface area contributed by atoms with Gasteiger partial charge in [-0.1, -0.05) is 24.3 Å². The third kappa shape index (κ3) is 2.74. The van der Waals surface area contributed by atoms with Crippen LogP contribution in [0.15, 0.2) is 53.3 Å². The van der Waals surface area contributed by atoms with Crippen molar-refractivity contribution >= 4 is 16.6 Å². The zero-order valence-electron chi connectivity index (χ0n) is 13.4. The van der Waals surface area contributed by atoms with E-state index in [4.69, 9.17) is 4.74 Å². The number of aromatic nitrogens is 1. The van der Waals surface area contributed by atoms with E-state index in [0.29, 0.717) is 12.3 Å². The summed E-state index contributed by atoms with van der Waals surface area (Å²) in [4.78, 5) is 22.8. The summed E-state index contributed by atoms with van der Waals surface area (Å²) in [7, 11) is 1.57. The number of aryl methyl sites for hydroxylation is 1. The van der Waals surface area contributed by atoms with Crippen LogP contribution in [0.4, 0.5) is 5.69 Å². The van der Waals surface area contributed by atoms with E-state index in [2.05, 4.69) is 0 Å². The molecule has 0 aliphatic carbocycles. The molecule has 0 radical (unpaired) electrons. The Balaban J connectivity index is 2.15. The number of nitro groups is 1. The highest BCUT2D eigenvalue weighted by atomic mass is 16.6. The average Bonchev–Trinajstić information content (AvgIpc) is 2.58. The van der Waals surface area contributed by atoms with Crippen molar-refractivity contribution in [2.75, 3.05) is 7.11 Å². The Morgan fingerprint density at radius 3 is 2.50 bits per heavy atom. The number of methoxy groups -OCH3 is 1. The number of pyridine rings is 1. The highest BCUT2D eigenvalue weighted by molar-refractivity contribution is 5.87. The van der Waals surface area contributed by atoms with Crippen LogP contribution in [0.3, 0.4) is 0 Å². The van der Waals surface area contributed by atoms with Crippen LogP contribution < -0.4 is 10.3 Å². The minimum atomic E-state index is -0.444. The maximum absolute atomic E-state index is 12.5. The Morgan fingerprint density at radius 2 is 1.88 bits per heavy atom. The second-order valence-electron chi connectivity index (χ2n) is 5.53. The predicted molar refractivity (Wildman–Crippen MR) is 91.7 cm³/mol. The van der Waals surface area contributed by atoms with Crippen molar-refractivity contribution in [3.63, 3.8) is 0 Å². The third-order valence-corrected chi connectivity index (χ3v) is 4.01. The molecule has 0 aliphatic rings. The SMILES string of the molecule is COc1cccc2c(C)cc(=O)n(Cc3ccc([N+](=O)[O-])cc3)c12. The molecule has 1 aromatic heterocycles. The van der Waals surface area contributed by atoms with Gasteiger partial charge in [-0.25, -0.2) is 0 Å². The average molecular weight is 324 g/mol. The molecule has 6 heteroatoms. The number of para-hydroxylation sites is 1. The first kappa shape index (κ1) is 15.7. The molecule has 0 fully saturated rings. The molecule has 24 heavy (non-hydrogen) atoms. The highest BCUT2D eigenvalue weighted by Crippen LogP contribution is 2.27. The topological polar surface area (TPSA) is 74.4 Å². The molecule has 0 aliphatic heterocycles. The van der Waals surface area contributed by atoms with Crippen LogP contribution in [-0.2, 0) is 6.54 Å². The quantitative estimate of drug-likeness (QED) is 0.545. The van der Waals surface area contributed by atoms with Gasteiger partial charge < -0.3 is 9.30 Å². The van der Waals surface area contributed by atoms with E-state index in [-0.39, 0.29) is 11.2 Å². The van der Waals surface area contributed by atoms with Gasteiger partial charge in [0.2, 0.25) is 0 Å². The first-order valence-corrected chi connectivity index (χ1v) is 7.41. The summed E-state index contributed by atoms with van der Waals surface area (Å²) in [5, 5.41) is 11.7. The molecule has 1 heterocycles. The van der Waals surface area contributed by atoms with E-state index in [1.165, 1.54) is 12.1 Å². The molecule has 0 atom stereocenters. The third-order valence-electron chi connectivity index (χ3n) is 4.01. The largest absolute Gasteiger partial charge is 0.495 e. The van der Waals surface area contributed by atoms with Crippen molar-refractivity contribution in [3.05, 3.63) is 80.1 Å². The first-order valence-electron chi connectivity index (χ1n) is 7.41. The minimum Gasteiger partial charge on any atom is -0.495 e. The van der Waals surface area contributed by atoms with Gasteiger partial charge in [0, 0.05) is 23.6 Å². The van der Waals surface area contributed by atoms with Crippen molar-refractivity contribution in [1.29, 1.82) is 0 Å². The van der Waals surface area contributed by atoms with Crippen molar-refractivity contribution in [1.82, 2.24) is 4.57 Å². The molecule has 6 nitrogen and oxygen atoms in total. The van der Waals surface area contributed by atoms with E-state index in [1.807, 2.05) is 25.1 Å². The number of rotatable bonds is 4. The van der Waals surface area contributed by atoms with Gasteiger partial charge in [-0.2, -0.15) is 0 Å². The molecule has 0 unspecified atom stereocenters. The first-order chi connectivity index (χ1) is 11.5. The molecule has 0 spiro atoms. The standard InChI is InChI=1S/C18H16N2O4/c1-12-10-17(21)19(18-15(12)4-3-5-16(18)24-2)11-13-6-8-14(9-7-13)20(22)23/h3-10H,11H2,1-2H3. The zero-order chi connectivity index (χ0) is 17.3. The van der Waals surface area contributed by atoms with Crippen molar-refractivity contribution in [2.24, 2.45) is 0 Å². The van der Waals surface area contributed by atoms with Crippen LogP contribution >= 0.6 is 0 Å². The lowest BCUT2D eigenvalue weighted by molar-refractivity contribution is -0.384. The summed E-state index contributed by atoms with van der Waals surface area (Å²) >= 11 is 0. The Hall–Kier alpha value is -3.15. The van der Waals surface area contributed by atoms with Crippen LogP contribution in [-0.4, -0.2) is 16.6 Å². The van der Waals surface area contributed by atoms with E-state index < -0.39 is 4.92 Å².